The van der Waals surface area contributed by atoms with Gasteiger partial charge in [-0.2, -0.15) is 0 Å². The topological polar surface area (TPSA) is 201 Å². The quantitative estimate of drug-likeness (QED) is 0.312. The largest absolute Gasteiger partial charge is 0.486 e. The van der Waals surface area contributed by atoms with Crippen LogP contribution in [0, 0.1) is 5.92 Å². The number of carbonyl (C=O) groups excluding carboxylic acids is 4. The minimum atomic E-state index is -4.08. The summed E-state index contributed by atoms with van der Waals surface area (Å²) in [7, 11) is -4.08. The second-order valence-corrected chi connectivity index (χ2v) is 19.2. The van der Waals surface area contributed by atoms with Crippen molar-refractivity contribution in [2.24, 2.45) is 5.92 Å². The summed E-state index contributed by atoms with van der Waals surface area (Å²) < 4.78 is 85.7. The molecule has 2 aliphatic carbocycles. The van der Waals surface area contributed by atoms with Gasteiger partial charge in [-0.15, -0.1) is 0 Å². The predicted molar refractivity (Wildman–Crippen MR) is 214 cm³/mol. The lowest BCUT2D eigenvalue weighted by Crippen LogP contribution is -2.60. The van der Waals surface area contributed by atoms with E-state index in [1.54, 1.807) is 38.1 Å². The van der Waals surface area contributed by atoms with Gasteiger partial charge in [0, 0.05) is 40.5 Å². The second kappa shape index (κ2) is 15.4. The zero-order chi connectivity index (χ0) is 42.7. The first-order valence-electron chi connectivity index (χ1n) is 19.9. The molecule has 7 atom stereocenters. The van der Waals surface area contributed by atoms with E-state index in [1.165, 1.54) is 18.0 Å². The van der Waals surface area contributed by atoms with Gasteiger partial charge in [-0.25, -0.2) is 27.0 Å². The molecule has 5 aliphatic rings. The molecule has 1 aromatic carbocycles. The molecule has 1 saturated heterocycles. The van der Waals surface area contributed by atoms with Gasteiger partial charge in [0.2, 0.25) is 27.7 Å². The van der Waals surface area contributed by atoms with Crippen LogP contribution in [-0.2, 0) is 33.9 Å². The number of sulfonamides is 1. The maximum atomic E-state index is 14.8. The predicted octanol–water partition coefficient (Wildman–Crippen LogP) is 4.64. The number of hydrogen-bond acceptors (Lipinski definition) is 12. The number of fused-ring (bicyclic) bond motifs is 5. The zero-order valence-corrected chi connectivity index (χ0v) is 34.7. The standard InChI is InChI=1S/C40H51F2N5O11S.3H2/c1-22-9-7-8-10-24-20-40(24,35(50)46-59(52,53)38(5)14-15-38)45-32(48)28-19-25(57-33-27-11-12-29-31(55-18-17-54-29)26(27)13-16-43-33)21-47(28)34(49)30(23(2)56-22)44-36(51)58-37(3,4)39(6,41)42;;;/h8,10-13,16,22-25,28,30H,7,9,14-15,17-21H2,1-6H3,(H,44,51)(H,45,48)(H,46,50);3*1H/b10-8-;;;/t22-,23+,24-,25-,28+,30+,40-;;;/m1.../s1. The fourth-order valence-corrected chi connectivity index (χ4v) is 8.88. The Kier molecular flexibility index (Phi) is 11.0. The number of nitrogens with zero attached hydrogens (tertiary/aromatic N) is 2. The fraction of sp³-hybridized carbons (Fsp3) is 0.625. The molecule has 2 saturated carbocycles. The summed E-state index contributed by atoms with van der Waals surface area (Å²) in [5.41, 5.74) is -3.91. The molecular weight excluding hydrogens is 797 g/mol. The highest BCUT2D eigenvalue weighted by Gasteiger charge is 2.63. The molecule has 0 unspecified atom stereocenters. The van der Waals surface area contributed by atoms with Crippen LogP contribution in [-0.4, -0.2) is 114 Å². The van der Waals surface area contributed by atoms with E-state index in [9.17, 15) is 36.4 Å². The molecule has 3 N–H and O–H groups in total. The summed E-state index contributed by atoms with van der Waals surface area (Å²) in [4.78, 5) is 62.2. The van der Waals surface area contributed by atoms with Crippen molar-refractivity contribution >= 4 is 44.6 Å². The van der Waals surface area contributed by atoms with E-state index >= 15 is 0 Å². The Bertz CT molecular complexity index is 2180. The van der Waals surface area contributed by atoms with Gasteiger partial charge >= 0.3 is 6.09 Å². The summed E-state index contributed by atoms with van der Waals surface area (Å²) >= 11 is 0. The Morgan fingerprint density at radius 3 is 2.53 bits per heavy atom. The number of alkyl carbamates (subject to hydrolysis) is 1. The zero-order valence-electron chi connectivity index (χ0n) is 33.8. The SMILES string of the molecule is C[C@@H]1CC/C=C\[C@@H]2C[C@@]2(C(=O)NS(=O)(=O)C2(C)CC2)NC(=O)[C@@H]2C[C@@H](Oc3nccc4c5c(ccc34)OCCO5)CN2C(=O)[C@@H](NC(=O)OC(C)(C)C(C)(F)F)[C@H](C)O1.[HH].[HH].[HH]. The van der Waals surface area contributed by atoms with Crippen LogP contribution in [0.1, 0.15) is 84.3 Å². The highest BCUT2D eigenvalue weighted by Crippen LogP contribution is 2.48. The number of benzene rings is 1. The summed E-state index contributed by atoms with van der Waals surface area (Å²) in [5.74, 6) is -5.26. The van der Waals surface area contributed by atoms with E-state index in [0.717, 1.165) is 13.8 Å². The third-order valence-corrected chi connectivity index (χ3v) is 14.3. The van der Waals surface area contributed by atoms with Gasteiger partial charge in [-0.05, 0) is 84.9 Å². The Morgan fingerprint density at radius 1 is 1.08 bits per heavy atom. The highest BCUT2D eigenvalue weighted by molar-refractivity contribution is 7.91. The van der Waals surface area contributed by atoms with Crippen LogP contribution in [0.3, 0.4) is 0 Å². The number of amides is 4. The van der Waals surface area contributed by atoms with Crippen molar-refractivity contribution in [1.82, 2.24) is 25.2 Å². The molecule has 16 nitrogen and oxygen atoms in total. The number of alkyl halides is 2. The van der Waals surface area contributed by atoms with Crippen LogP contribution in [0.25, 0.3) is 10.8 Å². The monoisotopic (exact) mass is 853 g/mol. The minimum Gasteiger partial charge on any atom is -0.486 e. The van der Waals surface area contributed by atoms with Crippen molar-refractivity contribution in [2.45, 2.75) is 132 Å². The number of carbonyl (C=O) groups is 4. The van der Waals surface area contributed by atoms with E-state index in [-0.39, 0.29) is 29.5 Å². The third-order valence-electron chi connectivity index (χ3n) is 12.1. The summed E-state index contributed by atoms with van der Waals surface area (Å²) in [6.07, 6.45) is 3.00. The van der Waals surface area contributed by atoms with Crippen LogP contribution in [0.15, 0.2) is 36.5 Å². The normalized spacial score (nSPS) is 30.1. The van der Waals surface area contributed by atoms with Crippen LogP contribution >= 0.6 is 0 Å². The number of rotatable bonds is 8. The van der Waals surface area contributed by atoms with Crippen molar-refractivity contribution in [3.8, 4) is 17.4 Å². The summed E-state index contributed by atoms with van der Waals surface area (Å²) in [6.45, 7) is 8.02. The van der Waals surface area contributed by atoms with Gasteiger partial charge in [-0.1, -0.05) is 12.2 Å². The molecule has 0 spiro atoms. The lowest BCUT2D eigenvalue weighted by atomic mass is 10.0. The number of hydrogen-bond donors (Lipinski definition) is 3. The van der Waals surface area contributed by atoms with Gasteiger partial charge in [0.05, 0.1) is 23.5 Å². The Labute approximate surface area is 345 Å². The fourth-order valence-electron chi connectivity index (χ4n) is 7.57. The molecule has 0 radical (unpaired) electrons. The number of allylic oxidation sites excluding steroid dienone is 1. The van der Waals surface area contributed by atoms with Gasteiger partial charge in [-0.3, -0.25) is 19.1 Å². The van der Waals surface area contributed by atoms with Crippen LogP contribution in [0.2, 0.25) is 0 Å². The molecule has 2 aromatic rings. The Morgan fingerprint density at radius 2 is 1.81 bits per heavy atom. The van der Waals surface area contributed by atoms with Gasteiger partial charge in [0.25, 0.3) is 11.8 Å². The molecule has 328 valence electrons. The maximum Gasteiger partial charge on any atom is 0.408 e. The number of pyridine rings is 1. The van der Waals surface area contributed by atoms with Crippen LogP contribution in [0.4, 0.5) is 13.6 Å². The highest BCUT2D eigenvalue weighted by atomic mass is 32.2. The first-order valence-corrected chi connectivity index (χ1v) is 21.4. The third kappa shape index (κ3) is 8.36. The lowest BCUT2D eigenvalue weighted by Gasteiger charge is -2.35. The average Bonchev–Trinajstić information content (AvgIpc) is 4.04. The van der Waals surface area contributed by atoms with E-state index in [2.05, 4.69) is 20.3 Å². The van der Waals surface area contributed by atoms with Gasteiger partial charge < -0.3 is 39.2 Å². The Balaban J connectivity index is 0.00000282. The van der Waals surface area contributed by atoms with Crippen molar-refractivity contribution in [1.29, 1.82) is 0 Å². The van der Waals surface area contributed by atoms with E-state index < -0.39 is 92.0 Å². The molecular formula is C40H57F2N5O11S. The summed E-state index contributed by atoms with van der Waals surface area (Å²) in [5, 5.41) is 6.46. The lowest BCUT2D eigenvalue weighted by molar-refractivity contribution is -0.153. The molecule has 7 rings (SSSR count). The van der Waals surface area contributed by atoms with Crippen LogP contribution < -0.4 is 29.6 Å². The molecule has 3 aliphatic heterocycles. The first-order chi connectivity index (χ1) is 27.6. The second-order valence-electron chi connectivity index (χ2n) is 17.0. The van der Waals surface area contributed by atoms with Crippen molar-refractivity contribution in [2.75, 3.05) is 19.8 Å². The molecule has 1 aromatic heterocycles. The summed E-state index contributed by atoms with van der Waals surface area (Å²) in [6, 6.07) is 2.35. The van der Waals surface area contributed by atoms with Gasteiger partial charge in [0.15, 0.2) is 17.1 Å². The molecule has 0 bridgehead atoms. The smallest absolute Gasteiger partial charge is 0.408 e. The average molecular weight is 854 g/mol. The molecule has 4 heterocycles. The molecule has 59 heavy (non-hydrogen) atoms. The van der Waals surface area contributed by atoms with Crippen molar-refractivity contribution < 1.29 is 64.3 Å². The minimum absolute atomic E-state index is 0. The van der Waals surface area contributed by atoms with Crippen molar-refractivity contribution in [3.05, 3.63) is 36.5 Å². The maximum absolute atomic E-state index is 14.8. The number of halogens is 2. The first kappa shape index (κ1) is 42.3. The molecule has 19 heteroatoms. The van der Waals surface area contributed by atoms with E-state index in [1.807, 2.05) is 6.08 Å². The van der Waals surface area contributed by atoms with E-state index in [4.69, 9.17) is 23.7 Å². The Hall–Kier alpha value is -4.78. The van der Waals surface area contributed by atoms with Crippen molar-refractivity contribution in [3.63, 3.8) is 0 Å². The van der Waals surface area contributed by atoms with Crippen LogP contribution in [0.5, 0.6) is 17.4 Å². The molecule has 3 fully saturated rings. The molecule has 4 amide bonds. The van der Waals surface area contributed by atoms with Gasteiger partial charge in [0.1, 0.15) is 36.9 Å². The number of aromatic nitrogens is 1. The number of nitrogens with one attached hydrogen (secondary N) is 3. The number of ether oxygens (including phenoxy) is 5. The van der Waals surface area contributed by atoms with E-state index in [0.29, 0.717) is 68.1 Å².